The van der Waals surface area contributed by atoms with Gasteiger partial charge in [-0.1, -0.05) is 32.6 Å². The Morgan fingerprint density at radius 2 is 2.07 bits per heavy atom. The summed E-state index contributed by atoms with van der Waals surface area (Å²) in [6, 6.07) is 6.50. The van der Waals surface area contributed by atoms with Crippen molar-refractivity contribution in [2.75, 3.05) is 0 Å². The maximum atomic E-state index is 4.04. The lowest BCUT2D eigenvalue weighted by Gasteiger charge is -2.07. The Hall–Kier alpha value is -1.37. The normalized spacial score (nSPS) is 11.1. The molecule has 0 aromatic heterocycles. The summed E-state index contributed by atoms with van der Waals surface area (Å²) in [6.45, 7) is 10.0. The molecule has 0 aliphatic heterocycles. The van der Waals surface area contributed by atoms with E-state index in [9.17, 15) is 0 Å². The molecule has 0 aliphatic rings. The van der Waals surface area contributed by atoms with Crippen LogP contribution in [0.15, 0.2) is 36.0 Å². The molecule has 0 bridgehead atoms. The van der Waals surface area contributed by atoms with Gasteiger partial charge in [0.1, 0.15) is 0 Å². The number of nitrogens with zero attached hydrogens (tertiary/aromatic N) is 1. The zero-order valence-corrected chi connectivity index (χ0v) is 9.12. The minimum absolute atomic E-state index is 0.562. The van der Waals surface area contributed by atoms with E-state index >= 15 is 0 Å². The van der Waals surface area contributed by atoms with Crippen LogP contribution in [0.3, 0.4) is 0 Å². The van der Waals surface area contributed by atoms with Crippen LogP contribution in [0.4, 0.5) is 0 Å². The zero-order valence-electron chi connectivity index (χ0n) is 9.12. The first-order valence-electron chi connectivity index (χ1n) is 4.89. The van der Waals surface area contributed by atoms with Gasteiger partial charge in [-0.2, -0.15) is 0 Å². The van der Waals surface area contributed by atoms with Gasteiger partial charge >= 0.3 is 0 Å². The van der Waals surface area contributed by atoms with Crippen molar-refractivity contribution in [3.8, 4) is 0 Å². The third-order valence-electron chi connectivity index (χ3n) is 2.29. The summed E-state index contributed by atoms with van der Waals surface area (Å²) in [5.41, 5.74) is 3.78. The Balaban J connectivity index is 3.08. The van der Waals surface area contributed by atoms with E-state index in [1.807, 2.05) is 6.21 Å². The number of aryl methyl sites for hydroxylation is 1. The third-order valence-corrected chi connectivity index (χ3v) is 2.29. The predicted octanol–water partition coefficient (Wildman–Crippen LogP) is 3.68. The van der Waals surface area contributed by atoms with Crippen LogP contribution in [0, 0.1) is 6.92 Å². The summed E-state index contributed by atoms with van der Waals surface area (Å²) < 4.78 is 0. The maximum absolute atomic E-state index is 4.04. The van der Waals surface area contributed by atoms with E-state index in [1.165, 1.54) is 16.7 Å². The number of aliphatic imine (C=N–C) groups is 1. The van der Waals surface area contributed by atoms with Gasteiger partial charge in [-0.25, -0.2) is 0 Å². The highest BCUT2D eigenvalue weighted by molar-refractivity contribution is 5.82. The maximum Gasteiger partial charge on any atom is 0.0342 e. The van der Waals surface area contributed by atoms with Crippen LogP contribution in [-0.4, -0.2) is 6.21 Å². The van der Waals surface area contributed by atoms with Crippen LogP contribution in [0.25, 0.3) is 0 Å². The fraction of sp³-hybridized carbons (Fsp3) is 0.308. The molecule has 74 valence electrons. The SMILES string of the molecule is C=CN=Cc1cc(C(C)C)ccc1C. The highest BCUT2D eigenvalue weighted by Gasteiger charge is 2.01. The van der Waals surface area contributed by atoms with Crippen LogP contribution < -0.4 is 0 Å². The molecule has 0 saturated carbocycles. The minimum atomic E-state index is 0.562. The van der Waals surface area contributed by atoms with E-state index in [2.05, 4.69) is 50.5 Å². The molecule has 1 nitrogen and oxygen atoms in total. The highest BCUT2D eigenvalue weighted by atomic mass is 14.7. The second kappa shape index (κ2) is 4.75. The van der Waals surface area contributed by atoms with Crippen molar-refractivity contribution in [1.82, 2.24) is 0 Å². The number of hydrogen-bond donors (Lipinski definition) is 0. The Bertz CT molecular complexity index is 348. The van der Waals surface area contributed by atoms with Crippen LogP contribution >= 0.6 is 0 Å². The second-order valence-electron chi connectivity index (χ2n) is 3.73. The van der Waals surface area contributed by atoms with Crippen LogP contribution in [-0.2, 0) is 0 Å². The fourth-order valence-electron chi connectivity index (χ4n) is 1.29. The summed E-state index contributed by atoms with van der Waals surface area (Å²) >= 11 is 0. The van der Waals surface area contributed by atoms with Crippen molar-refractivity contribution in [3.63, 3.8) is 0 Å². The van der Waals surface area contributed by atoms with Gasteiger partial charge in [0.25, 0.3) is 0 Å². The molecule has 1 heteroatoms. The van der Waals surface area contributed by atoms with E-state index in [-0.39, 0.29) is 0 Å². The third kappa shape index (κ3) is 2.56. The summed E-state index contributed by atoms with van der Waals surface area (Å²) in [6.07, 6.45) is 3.41. The van der Waals surface area contributed by atoms with Crippen molar-refractivity contribution < 1.29 is 0 Å². The predicted molar refractivity (Wildman–Crippen MR) is 63.1 cm³/mol. The van der Waals surface area contributed by atoms with Gasteiger partial charge in [0.2, 0.25) is 0 Å². The summed E-state index contributed by atoms with van der Waals surface area (Å²) in [5, 5.41) is 0. The lowest BCUT2D eigenvalue weighted by Crippen LogP contribution is -1.92. The smallest absolute Gasteiger partial charge is 0.0342 e. The molecule has 0 radical (unpaired) electrons. The summed E-state index contributed by atoms with van der Waals surface area (Å²) in [5.74, 6) is 0.562. The standard InChI is InChI=1S/C13H17N/c1-5-14-9-13-8-12(10(2)3)7-6-11(13)4/h5-10H,1H2,2-4H3. The molecule has 0 unspecified atom stereocenters. The quantitative estimate of drug-likeness (QED) is 0.640. The average Bonchev–Trinajstić information content (AvgIpc) is 2.16. The van der Waals surface area contributed by atoms with Crippen molar-refractivity contribution in [1.29, 1.82) is 0 Å². The molecule has 1 rings (SSSR count). The number of benzene rings is 1. The largest absolute Gasteiger partial charge is 0.265 e. The fourth-order valence-corrected chi connectivity index (χ4v) is 1.29. The van der Waals surface area contributed by atoms with E-state index in [1.54, 1.807) is 6.20 Å². The average molecular weight is 187 g/mol. The van der Waals surface area contributed by atoms with Gasteiger partial charge in [-0.05, 0) is 35.6 Å². The van der Waals surface area contributed by atoms with E-state index in [4.69, 9.17) is 0 Å². The van der Waals surface area contributed by atoms with Crippen molar-refractivity contribution in [2.45, 2.75) is 26.7 Å². The number of hydrogen-bond acceptors (Lipinski definition) is 1. The molecule has 0 aliphatic carbocycles. The van der Waals surface area contributed by atoms with Crippen LogP contribution in [0.5, 0.6) is 0 Å². The van der Waals surface area contributed by atoms with Gasteiger partial charge in [-0.15, -0.1) is 0 Å². The molecule has 0 heterocycles. The Morgan fingerprint density at radius 3 is 2.64 bits per heavy atom. The van der Waals surface area contributed by atoms with Gasteiger partial charge in [-0.3, -0.25) is 4.99 Å². The molecular formula is C13H17N. The first-order valence-corrected chi connectivity index (χ1v) is 4.89. The van der Waals surface area contributed by atoms with Gasteiger partial charge < -0.3 is 0 Å². The number of rotatable bonds is 3. The molecule has 0 spiro atoms. The molecule has 1 aromatic carbocycles. The van der Waals surface area contributed by atoms with Gasteiger partial charge in [0.05, 0.1) is 0 Å². The molecule has 0 atom stereocenters. The van der Waals surface area contributed by atoms with Gasteiger partial charge in [0.15, 0.2) is 0 Å². The van der Waals surface area contributed by atoms with Crippen LogP contribution in [0.1, 0.15) is 36.5 Å². The highest BCUT2D eigenvalue weighted by Crippen LogP contribution is 2.17. The van der Waals surface area contributed by atoms with Crippen LogP contribution in [0.2, 0.25) is 0 Å². The molecule has 14 heavy (non-hydrogen) atoms. The topological polar surface area (TPSA) is 12.4 Å². The first-order chi connectivity index (χ1) is 6.65. The molecule has 1 aromatic rings. The van der Waals surface area contributed by atoms with Gasteiger partial charge in [0, 0.05) is 12.4 Å². The monoisotopic (exact) mass is 187 g/mol. The van der Waals surface area contributed by atoms with Crippen molar-refractivity contribution >= 4 is 6.21 Å². The molecule has 0 fully saturated rings. The molecule has 0 saturated heterocycles. The van der Waals surface area contributed by atoms with E-state index in [0.717, 1.165) is 0 Å². The Morgan fingerprint density at radius 1 is 1.36 bits per heavy atom. The summed E-state index contributed by atoms with van der Waals surface area (Å²) in [7, 11) is 0. The van der Waals surface area contributed by atoms with Crippen molar-refractivity contribution in [2.24, 2.45) is 4.99 Å². The minimum Gasteiger partial charge on any atom is -0.265 e. The van der Waals surface area contributed by atoms with E-state index < -0.39 is 0 Å². The van der Waals surface area contributed by atoms with E-state index in [0.29, 0.717) is 5.92 Å². The lowest BCUT2D eigenvalue weighted by atomic mass is 9.98. The lowest BCUT2D eigenvalue weighted by molar-refractivity contribution is 0.865. The Labute approximate surface area is 86.2 Å². The molecule has 0 N–H and O–H groups in total. The Kier molecular flexibility index (Phi) is 3.63. The van der Waals surface area contributed by atoms with Crippen molar-refractivity contribution in [3.05, 3.63) is 47.7 Å². The summed E-state index contributed by atoms with van der Waals surface area (Å²) in [4.78, 5) is 4.04. The zero-order chi connectivity index (χ0) is 10.6. The molecule has 0 amide bonds. The molecular weight excluding hydrogens is 170 g/mol. The second-order valence-corrected chi connectivity index (χ2v) is 3.73. The first kappa shape index (κ1) is 10.7.